The first-order valence-corrected chi connectivity index (χ1v) is 5.20. The Morgan fingerprint density at radius 1 is 1.71 bits per heavy atom. The van der Waals surface area contributed by atoms with Gasteiger partial charge in [-0.1, -0.05) is 6.92 Å². The number of aliphatic hydroxyl groups excluding tert-OH is 1. The third-order valence-electron chi connectivity index (χ3n) is 2.62. The van der Waals surface area contributed by atoms with Gasteiger partial charge in [0.25, 0.3) is 0 Å². The Bertz CT molecular complexity index is 308. The summed E-state index contributed by atoms with van der Waals surface area (Å²) in [6.07, 6.45) is 3.64. The van der Waals surface area contributed by atoms with E-state index in [9.17, 15) is 0 Å². The largest absolute Gasteiger partial charge is 0.396 e. The van der Waals surface area contributed by atoms with E-state index in [0.717, 1.165) is 31.7 Å². The van der Waals surface area contributed by atoms with E-state index in [1.807, 2.05) is 10.9 Å². The Morgan fingerprint density at radius 2 is 2.57 bits per heavy atom. The van der Waals surface area contributed by atoms with Gasteiger partial charge in [0.2, 0.25) is 0 Å². The molecule has 78 valence electrons. The Kier molecular flexibility index (Phi) is 2.72. The molecule has 0 aromatic carbocycles. The number of aromatic nitrogens is 2. The number of rotatable bonds is 3. The molecular weight excluding hydrogens is 178 g/mol. The molecule has 0 fully saturated rings. The average molecular weight is 195 g/mol. The van der Waals surface area contributed by atoms with Crippen molar-refractivity contribution in [3.63, 3.8) is 0 Å². The molecule has 1 unspecified atom stereocenters. The van der Waals surface area contributed by atoms with Gasteiger partial charge < -0.3 is 10.4 Å². The first kappa shape index (κ1) is 9.52. The quantitative estimate of drug-likeness (QED) is 0.752. The minimum absolute atomic E-state index is 0.251. The summed E-state index contributed by atoms with van der Waals surface area (Å²) < 4.78 is 2.03. The number of nitrogens with one attached hydrogen (secondary N) is 1. The van der Waals surface area contributed by atoms with Gasteiger partial charge >= 0.3 is 0 Å². The molecule has 0 spiro atoms. The number of nitrogens with zero attached hydrogens (tertiary/aromatic N) is 2. The zero-order chi connectivity index (χ0) is 9.97. The van der Waals surface area contributed by atoms with E-state index in [1.54, 1.807) is 0 Å². The van der Waals surface area contributed by atoms with Gasteiger partial charge in [0, 0.05) is 25.3 Å². The zero-order valence-corrected chi connectivity index (χ0v) is 8.53. The molecule has 4 heteroatoms. The molecule has 0 aliphatic carbocycles. The lowest BCUT2D eigenvalue weighted by molar-refractivity contribution is 0.288. The van der Waals surface area contributed by atoms with Crippen LogP contribution in [0.2, 0.25) is 0 Å². The van der Waals surface area contributed by atoms with Crippen LogP contribution in [0.25, 0.3) is 0 Å². The van der Waals surface area contributed by atoms with E-state index in [-0.39, 0.29) is 6.61 Å². The number of hydrogen-bond acceptors (Lipinski definition) is 3. The van der Waals surface area contributed by atoms with Crippen LogP contribution in [0.1, 0.15) is 18.9 Å². The normalized spacial score (nSPS) is 20.3. The zero-order valence-electron chi connectivity index (χ0n) is 8.53. The highest BCUT2D eigenvalue weighted by Gasteiger charge is 2.17. The molecule has 0 saturated heterocycles. The topological polar surface area (TPSA) is 50.1 Å². The Morgan fingerprint density at radius 3 is 3.36 bits per heavy atom. The Hall–Kier alpha value is -1.03. The summed E-state index contributed by atoms with van der Waals surface area (Å²) in [6, 6.07) is 0. The fraction of sp³-hybridized carbons (Fsp3) is 0.700. The lowest BCUT2D eigenvalue weighted by Gasteiger charge is -2.22. The van der Waals surface area contributed by atoms with Crippen LogP contribution in [-0.2, 0) is 13.0 Å². The molecule has 2 N–H and O–H groups in total. The monoisotopic (exact) mass is 195 g/mol. The molecule has 1 aliphatic heterocycles. The maximum atomic E-state index is 8.76. The van der Waals surface area contributed by atoms with Gasteiger partial charge in [-0.3, -0.25) is 0 Å². The summed E-state index contributed by atoms with van der Waals surface area (Å²) in [4.78, 5) is 0. The van der Waals surface area contributed by atoms with Gasteiger partial charge in [0.05, 0.1) is 6.20 Å². The van der Waals surface area contributed by atoms with Crippen LogP contribution in [0.4, 0.5) is 5.82 Å². The van der Waals surface area contributed by atoms with Crippen LogP contribution in [0.5, 0.6) is 0 Å². The number of hydrogen-bond donors (Lipinski definition) is 2. The summed E-state index contributed by atoms with van der Waals surface area (Å²) in [7, 11) is 0. The summed E-state index contributed by atoms with van der Waals surface area (Å²) in [5.41, 5.74) is 1.23. The van der Waals surface area contributed by atoms with Crippen molar-refractivity contribution >= 4 is 5.82 Å². The molecule has 1 atom stereocenters. The van der Waals surface area contributed by atoms with E-state index >= 15 is 0 Å². The maximum absolute atomic E-state index is 8.76. The first-order valence-electron chi connectivity index (χ1n) is 5.20. The van der Waals surface area contributed by atoms with E-state index in [0.29, 0.717) is 5.92 Å². The van der Waals surface area contributed by atoms with E-state index in [4.69, 9.17) is 5.11 Å². The van der Waals surface area contributed by atoms with Gasteiger partial charge in [-0.15, -0.1) is 0 Å². The molecule has 0 radical (unpaired) electrons. The molecule has 1 aliphatic rings. The van der Waals surface area contributed by atoms with Crippen LogP contribution < -0.4 is 5.32 Å². The number of anilines is 1. The van der Waals surface area contributed by atoms with E-state index in [2.05, 4.69) is 17.3 Å². The Balaban J connectivity index is 2.12. The van der Waals surface area contributed by atoms with Crippen molar-refractivity contribution in [1.82, 2.24) is 9.78 Å². The van der Waals surface area contributed by atoms with Crippen molar-refractivity contribution in [3.05, 3.63) is 11.8 Å². The van der Waals surface area contributed by atoms with Gasteiger partial charge in [0.1, 0.15) is 5.82 Å². The summed E-state index contributed by atoms with van der Waals surface area (Å²) in [5, 5.41) is 16.5. The number of aliphatic hydroxyl groups is 1. The highest BCUT2D eigenvalue weighted by molar-refractivity contribution is 5.45. The van der Waals surface area contributed by atoms with Crippen LogP contribution in [-0.4, -0.2) is 28.0 Å². The van der Waals surface area contributed by atoms with Crippen molar-refractivity contribution < 1.29 is 5.11 Å². The molecule has 14 heavy (non-hydrogen) atoms. The third kappa shape index (κ3) is 1.75. The SMILES string of the molecule is CC1CNc2c(CCCO)cnn2C1. The molecule has 4 nitrogen and oxygen atoms in total. The van der Waals surface area contributed by atoms with Crippen molar-refractivity contribution in [1.29, 1.82) is 0 Å². The van der Waals surface area contributed by atoms with E-state index < -0.39 is 0 Å². The molecule has 2 rings (SSSR count). The maximum Gasteiger partial charge on any atom is 0.127 e. The predicted octanol–water partition coefficient (Wildman–Crippen LogP) is 0.870. The second kappa shape index (κ2) is 4.00. The second-order valence-corrected chi connectivity index (χ2v) is 4.01. The van der Waals surface area contributed by atoms with Gasteiger partial charge in [-0.05, 0) is 18.8 Å². The number of fused-ring (bicyclic) bond motifs is 1. The highest BCUT2D eigenvalue weighted by atomic mass is 16.2. The summed E-state index contributed by atoms with van der Waals surface area (Å²) in [5.74, 6) is 1.80. The van der Waals surface area contributed by atoms with Crippen molar-refractivity contribution in [2.75, 3.05) is 18.5 Å². The van der Waals surface area contributed by atoms with Crippen LogP contribution in [0.15, 0.2) is 6.20 Å². The summed E-state index contributed by atoms with van der Waals surface area (Å²) >= 11 is 0. The van der Waals surface area contributed by atoms with Gasteiger partial charge in [-0.25, -0.2) is 4.68 Å². The number of aryl methyl sites for hydroxylation is 1. The van der Waals surface area contributed by atoms with Crippen molar-refractivity contribution in [3.8, 4) is 0 Å². The second-order valence-electron chi connectivity index (χ2n) is 4.01. The standard InChI is InChI=1S/C10H17N3O/c1-8-5-11-10-9(3-2-4-14)6-12-13(10)7-8/h6,8,11,14H,2-5,7H2,1H3. The Labute approximate surface area is 83.9 Å². The summed E-state index contributed by atoms with van der Waals surface area (Å²) in [6.45, 7) is 4.49. The molecule has 0 saturated carbocycles. The predicted molar refractivity (Wildman–Crippen MR) is 55.3 cm³/mol. The van der Waals surface area contributed by atoms with Crippen LogP contribution in [0, 0.1) is 5.92 Å². The average Bonchev–Trinajstić information content (AvgIpc) is 2.57. The molecule has 0 amide bonds. The van der Waals surface area contributed by atoms with E-state index in [1.165, 1.54) is 5.56 Å². The first-order chi connectivity index (χ1) is 6.81. The minimum Gasteiger partial charge on any atom is -0.396 e. The van der Waals surface area contributed by atoms with Gasteiger partial charge in [-0.2, -0.15) is 5.10 Å². The van der Waals surface area contributed by atoms with Crippen molar-refractivity contribution in [2.45, 2.75) is 26.3 Å². The third-order valence-corrected chi connectivity index (χ3v) is 2.62. The van der Waals surface area contributed by atoms with Crippen LogP contribution in [0.3, 0.4) is 0 Å². The molecular formula is C10H17N3O. The molecule has 2 heterocycles. The smallest absolute Gasteiger partial charge is 0.127 e. The molecule has 1 aromatic heterocycles. The lowest BCUT2D eigenvalue weighted by Crippen LogP contribution is -2.26. The molecule has 1 aromatic rings. The lowest BCUT2D eigenvalue weighted by atomic mass is 10.1. The fourth-order valence-electron chi connectivity index (χ4n) is 1.85. The van der Waals surface area contributed by atoms with Crippen molar-refractivity contribution in [2.24, 2.45) is 5.92 Å². The fourth-order valence-corrected chi connectivity index (χ4v) is 1.85. The van der Waals surface area contributed by atoms with Gasteiger partial charge in [0.15, 0.2) is 0 Å². The minimum atomic E-state index is 0.251. The molecule has 0 bridgehead atoms. The highest BCUT2D eigenvalue weighted by Crippen LogP contribution is 2.22. The van der Waals surface area contributed by atoms with Crippen LogP contribution >= 0.6 is 0 Å².